The number of ether oxygens (including phenoxy) is 1. The Hall–Kier alpha value is -1.90. The number of amides is 1. The van der Waals surface area contributed by atoms with Gasteiger partial charge in [-0.15, -0.1) is 0 Å². The number of anilines is 1. The number of carbonyl (C=O) groups is 1. The summed E-state index contributed by atoms with van der Waals surface area (Å²) in [6.45, 7) is 3.49. The lowest BCUT2D eigenvalue weighted by atomic mass is 10.2. The van der Waals surface area contributed by atoms with E-state index in [1.165, 1.54) is 10.4 Å². The van der Waals surface area contributed by atoms with Gasteiger partial charge in [0.2, 0.25) is 10.0 Å². The summed E-state index contributed by atoms with van der Waals surface area (Å²) >= 11 is 3.30. The number of benzene rings is 2. The second-order valence-electron chi connectivity index (χ2n) is 6.17. The predicted molar refractivity (Wildman–Crippen MR) is 108 cm³/mol. The first-order chi connectivity index (χ1) is 12.9. The highest BCUT2D eigenvalue weighted by atomic mass is 79.9. The Morgan fingerprint density at radius 2 is 1.81 bits per heavy atom. The molecule has 1 saturated heterocycles. The molecule has 1 heterocycles. The van der Waals surface area contributed by atoms with Crippen LogP contribution in [0.4, 0.5) is 5.69 Å². The van der Waals surface area contributed by atoms with Gasteiger partial charge >= 0.3 is 0 Å². The lowest BCUT2D eigenvalue weighted by Crippen LogP contribution is -2.28. The van der Waals surface area contributed by atoms with Crippen LogP contribution >= 0.6 is 15.9 Å². The molecule has 2 aromatic carbocycles. The second kappa shape index (κ2) is 8.41. The predicted octanol–water partition coefficient (Wildman–Crippen LogP) is 3.88. The highest BCUT2D eigenvalue weighted by Crippen LogP contribution is 2.28. The Kier molecular flexibility index (Phi) is 6.18. The van der Waals surface area contributed by atoms with E-state index in [0.29, 0.717) is 29.9 Å². The zero-order valence-corrected chi connectivity index (χ0v) is 17.3. The maximum atomic E-state index is 12.8. The lowest BCUT2D eigenvalue weighted by Gasteiger charge is -2.17. The van der Waals surface area contributed by atoms with Gasteiger partial charge in [-0.3, -0.25) is 4.79 Å². The first-order valence-corrected chi connectivity index (χ1v) is 11.0. The topological polar surface area (TPSA) is 75.7 Å². The molecule has 1 N–H and O–H groups in total. The molecule has 27 heavy (non-hydrogen) atoms. The maximum Gasteiger partial charge on any atom is 0.255 e. The van der Waals surface area contributed by atoms with Crippen LogP contribution in [-0.4, -0.2) is 38.3 Å². The molecule has 1 fully saturated rings. The summed E-state index contributed by atoms with van der Waals surface area (Å²) in [5, 5.41) is 2.78. The molecule has 0 bridgehead atoms. The van der Waals surface area contributed by atoms with E-state index in [1.54, 1.807) is 36.4 Å². The molecule has 0 spiro atoms. The van der Waals surface area contributed by atoms with Gasteiger partial charge in [-0.1, -0.05) is 0 Å². The summed E-state index contributed by atoms with van der Waals surface area (Å²) in [6.07, 6.45) is 1.71. The average Bonchev–Trinajstić information content (AvgIpc) is 3.19. The lowest BCUT2D eigenvalue weighted by molar-refractivity contribution is 0.102. The van der Waals surface area contributed by atoms with Crippen molar-refractivity contribution >= 4 is 37.5 Å². The van der Waals surface area contributed by atoms with E-state index in [2.05, 4.69) is 21.2 Å². The minimum atomic E-state index is -3.62. The fourth-order valence-corrected chi connectivity index (χ4v) is 5.38. The zero-order chi connectivity index (χ0) is 19.4. The fraction of sp³-hybridized carbons (Fsp3) is 0.316. The highest BCUT2D eigenvalue weighted by Gasteiger charge is 2.29. The van der Waals surface area contributed by atoms with Gasteiger partial charge in [0.15, 0.2) is 0 Å². The Morgan fingerprint density at radius 1 is 1.15 bits per heavy atom. The van der Waals surface area contributed by atoms with Crippen molar-refractivity contribution in [2.75, 3.05) is 25.0 Å². The van der Waals surface area contributed by atoms with Crippen molar-refractivity contribution in [3.05, 3.63) is 52.5 Å². The second-order valence-corrected chi connectivity index (χ2v) is 8.93. The van der Waals surface area contributed by atoms with E-state index in [0.717, 1.165) is 18.6 Å². The number of nitrogens with zero attached hydrogens (tertiary/aromatic N) is 1. The van der Waals surface area contributed by atoms with Crippen molar-refractivity contribution in [2.24, 2.45) is 0 Å². The van der Waals surface area contributed by atoms with Crippen molar-refractivity contribution in [1.29, 1.82) is 0 Å². The fourth-order valence-electron chi connectivity index (χ4n) is 2.91. The van der Waals surface area contributed by atoms with Crippen molar-refractivity contribution < 1.29 is 17.9 Å². The van der Waals surface area contributed by atoms with Crippen LogP contribution in [0.25, 0.3) is 0 Å². The van der Waals surface area contributed by atoms with Crippen LogP contribution in [0.1, 0.15) is 30.1 Å². The Morgan fingerprint density at radius 3 is 2.44 bits per heavy atom. The van der Waals surface area contributed by atoms with Crippen LogP contribution in [0.5, 0.6) is 5.75 Å². The maximum absolute atomic E-state index is 12.8. The summed E-state index contributed by atoms with van der Waals surface area (Å²) in [6, 6.07) is 11.6. The van der Waals surface area contributed by atoms with E-state index in [1.807, 2.05) is 6.92 Å². The summed E-state index contributed by atoms with van der Waals surface area (Å²) in [5.41, 5.74) is 0.889. The van der Waals surface area contributed by atoms with Gasteiger partial charge in [-0.05, 0) is 78.2 Å². The van der Waals surface area contributed by atoms with Crippen LogP contribution in [0.15, 0.2) is 51.8 Å². The molecule has 144 valence electrons. The molecule has 0 aliphatic carbocycles. The van der Waals surface area contributed by atoms with Crippen molar-refractivity contribution in [1.82, 2.24) is 4.31 Å². The third-order valence-corrected chi connectivity index (χ3v) is 7.19. The van der Waals surface area contributed by atoms with Gasteiger partial charge in [0.1, 0.15) is 5.75 Å². The number of nitrogens with one attached hydrogen (secondary N) is 1. The molecular formula is C19H21BrN2O4S. The summed E-state index contributed by atoms with van der Waals surface area (Å²) in [4.78, 5) is 12.7. The molecule has 0 radical (unpaired) electrons. The number of halogens is 1. The van der Waals surface area contributed by atoms with Gasteiger partial charge in [-0.2, -0.15) is 4.31 Å². The number of carbonyl (C=O) groups excluding carboxylic acids is 1. The van der Waals surface area contributed by atoms with Crippen LogP contribution < -0.4 is 10.1 Å². The van der Waals surface area contributed by atoms with Crippen molar-refractivity contribution in [3.63, 3.8) is 0 Å². The van der Waals surface area contributed by atoms with Crippen LogP contribution in [0.3, 0.4) is 0 Å². The number of hydrogen-bond donors (Lipinski definition) is 1. The van der Waals surface area contributed by atoms with Crippen LogP contribution in [0.2, 0.25) is 0 Å². The standard InChI is InChI=1S/C19H21BrN2O4S/c1-2-26-16-8-6-15(7-9-16)21-19(23)14-5-10-17(20)18(13-14)27(24,25)22-11-3-4-12-22/h5-10,13H,2-4,11-12H2,1H3,(H,21,23). The highest BCUT2D eigenvalue weighted by molar-refractivity contribution is 9.10. The molecule has 6 nitrogen and oxygen atoms in total. The molecule has 2 aromatic rings. The van der Waals surface area contributed by atoms with Crippen LogP contribution in [0, 0.1) is 0 Å². The van der Waals surface area contributed by atoms with Gasteiger partial charge in [-0.25, -0.2) is 8.42 Å². The number of rotatable bonds is 6. The Labute approximate surface area is 167 Å². The Bertz CT molecular complexity index is 923. The number of sulfonamides is 1. The normalized spacial score (nSPS) is 14.9. The molecular weight excluding hydrogens is 432 g/mol. The van der Waals surface area contributed by atoms with E-state index in [4.69, 9.17) is 4.74 Å². The number of hydrogen-bond acceptors (Lipinski definition) is 4. The third-order valence-electron chi connectivity index (χ3n) is 4.30. The first kappa shape index (κ1) is 19.9. The monoisotopic (exact) mass is 452 g/mol. The minimum absolute atomic E-state index is 0.115. The van der Waals surface area contributed by atoms with Crippen LogP contribution in [-0.2, 0) is 10.0 Å². The minimum Gasteiger partial charge on any atom is -0.494 e. The van der Waals surface area contributed by atoms with E-state index >= 15 is 0 Å². The van der Waals surface area contributed by atoms with Gasteiger partial charge in [0.25, 0.3) is 5.91 Å². The van der Waals surface area contributed by atoms with Crippen molar-refractivity contribution in [2.45, 2.75) is 24.7 Å². The molecule has 0 unspecified atom stereocenters. The molecule has 0 saturated carbocycles. The SMILES string of the molecule is CCOc1ccc(NC(=O)c2ccc(Br)c(S(=O)(=O)N3CCCC3)c2)cc1. The first-order valence-electron chi connectivity index (χ1n) is 8.75. The molecule has 0 aromatic heterocycles. The zero-order valence-electron chi connectivity index (χ0n) is 14.9. The van der Waals surface area contributed by atoms with E-state index < -0.39 is 10.0 Å². The molecule has 1 aliphatic heterocycles. The third kappa shape index (κ3) is 4.51. The van der Waals surface area contributed by atoms with Gasteiger partial charge in [0.05, 0.1) is 11.5 Å². The van der Waals surface area contributed by atoms with Gasteiger partial charge in [0, 0.05) is 28.8 Å². The average molecular weight is 453 g/mol. The summed E-state index contributed by atoms with van der Waals surface area (Å²) in [7, 11) is -3.62. The molecule has 1 amide bonds. The molecule has 1 aliphatic rings. The van der Waals surface area contributed by atoms with E-state index in [-0.39, 0.29) is 16.4 Å². The molecule has 0 atom stereocenters. The summed E-state index contributed by atoms with van der Waals surface area (Å²) < 4.78 is 33.0. The van der Waals surface area contributed by atoms with E-state index in [9.17, 15) is 13.2 Å². The summed E-state index contributed by atoms with van der Waals surface area (Å²) in [5.74, 6) is 0.350. The Balaban J connectivity index is 1.81. The van der Waals surface area contributed by atoms with Gasteiger partial charge < -0.3 is 10.1 Å². The smallest absolute Gasteiger partial charge is 0.255 e. The largest absolute Gasteiger partial charge is 0.494 e. The molecule has 3 rings (SSSR count). The molecule has 8 heteroatoms. The quantitative estimate of drug-likeness (QED) is 0.721. The van der Waals surface area contributed by atoms with Crippen molar-refractivity contribution in [3.8, 4) is 5.75 Å².